The van der Waals surface area contributed by atoms with E-state index in [4.69, 9.17) is 5.41 Å². The second-order valence-electron chi connectivity index (χ2n) is 4.66. The lowest BCUT2D eigenvalue weighted by Crippen LogP contribution is -2.46. The molecule has 1 fully saturated rings. The third-order valence-corrected chi connectivity index (χ3v) is 3.89. The zero-order valence-electron chi connectivity index (χ0n) is 9.38. The van der Waals surface area contributed by atoms with Crippen molar-refractivity contribution in [2.24, 2.45) is 0 Å². The number of phenols is 1. The number of rotatable bonds is 1. The summed E-state index contributed by atoms with van der Waals surface area (Å²) >= 11 is 0. The van der Waals surface area contributed by atoms with Gasteiger partial charge in [-0.15, -0.1) is 0 Å². The van der Waals surface area contributed by atoms with Gasteiger partial charge in [0.15, 0.2) is 5.84 Å². The first-order valence-electron chi connectivity index (χ1n) is 5.58. The lowest BCUT2D eigenvalue weighted by molar-refractivity contribution is -0.385. The van der Waals surface area contributed by atoms with Gasteiger partial charge >= 0.3 is 5.69 Å². The molecule has 2 aliphatic rings. The molecule has 7 nitrogen and oxygen atoms in total. The molecule has 1 aromatic rings. The van der Waals surface area contributed by atoms with Crippen LogP contribution in [0, 0.1) is 15.5 Å². The van der Waals surface area contributed by atoms with Crippen molar-refractivity contribution in [3.63, 3.8) is 0 Å². The number of fused-ring (bicyclic) bond motifs is 2. The molecule has 7 heteroatoms. The van der Waals surface area contributed by atoms with Gasteiger partial charge in [-0.2, -0.15) is 0 Å². The van der Waals surface area contributed by atoms with Crippen molar-refractivity contribution >= 4 is 11.5 Å². The second-order valence-corrected chi connectivity index (χ2v) is 4.66. The van der Waals surface area contributed by atoms with Crippen molar-refractivity contribution in [3.05, 3.63) is 33.4 Å². The van der Waals surface area contributed by atoms with Crippen LogP contribution in [-0.2, 0) is 5.54 Å². The van der Waals surface area contributed by atoms with E-state index >= 15 is 0 Å². The van der Waals surface area contributed by atoms with E-state index < -0.39 is 21.9 Å². The molecule has 0 aromatic heterocycles. The van der Waals surface area contributed by atoms with Crippen molar-refractivity contribution in [1.82, 2.24) is 5.06 Å². The smallest absolute Gasteiger partial charge is 0.311 e. The monoisotopic (exact) mass is 249 g/mol. The Labute approximate surface area is 102 Å². The van der Waals surface area contributed by atoms with Crippen LogP contribution in [0.1, 0.15) is 30.4 Å². The number of hydrogen-bond donors (Lipinski definition) is 3. The van der Waals surface area contributed by atoms with Gasteiger partial charge in [0.25, 0.3) is 0 Å². The summed E-state index contributed by atoms with van der Waals surface area (Å²) in [5, 5.41) is 39.2. The summed E-state index contributed by atoms with van der Waals surface area (Å²) in [6.45, 7) is 0. The first-order valence-corrected chi connectivity index (χ1v) is 5.58. The lowest BCUT2D eigenvalue weighted by atomic mass is 9.72. The molecular weight excluding hydrogens is 238 g/mol. The highest BCUT2D eigenvalue weighted by molar-refractivity contribution is 6.04. The first kappa shape index (κ1) is 11.0. The zero-order valence-corrected chi connectivity index (χ0v) is 9.38. The average molecular weight is 249 g/mol. The summed E-state index contributed by atoms with van der Waals surface area (Å²) in [5.74, 6) is -0.809. The van der Waals surface area contributed by atoms with Gasteiger partial charge in [-0.3, -0.25) is 20.7 Å². The first-order chi connectivity index (χ1) is 8.49. The average Bonchev–Trinajstić information content (AvgIpc) is 2.48. The molecule has 0 bridgehead atoms. The van der Waals surface area contributed by atoms with Crippen molar-refractivity contribution in [1.29, 1.82) is 5.41 Å². The predicted molar refractivity (Wildman–Crippen MR) is 60.7 cm³/mol. The van der Waals surface area contributed by atoms with E-state index in [0.717, 1.165) is 11.5 Å². The number of hydroxylamine groups is 2. The molecule has 1 saturated carbocycles. The minimum atomic E-state index is -0.698. The maximum Gasteiger partial charge on any atom is 0.311 e. The Hall–Kier alpha value is -2.15. The molecule has 1 heterocycles. The molecule has 1 aliphatic carbocycles. The Balaban J connectivity index is 2.25. The van der Waals surface area contributed by atoms with Crippen molar-refractivity contribution < 1.29 is 15.2 Å². The molecule has 3 rings (SSSR count). The molecule has 18 heavy (non-hydrogen) atoms. The number of nitro groups is 1. The Morgan fingerprint density at radius 3 is 2.61 bits per heavy atom. The van der Waals surface area contributed by atoms with Crippen LogP contribution in [0.5, 0.6) is 5.75 Å². The molecule has 94 valence electrons. The van der Waals surface area contributed by atoms with Gasteiger partial charge < -0.3 is 5.11 Å². The van der Waals surface area contributed by atoms with Gasteiger partial charge in [0.2, 0.25) is 5.75 Å². The summed E-state index contributed by atoms with van der Waals surface area (Å²) in [6, 6.07) is 2.75. The van der Waals surface area contributed by atoms with E-state index in [1.54, 1.807) is 0 Å². The molecule has 0 saturated heterocycles. The van der Waals surface area contributed by atoms with E-state index in [1.807, 2.05) is 0 Å². The fourth-order valence-electron chi connectivity index (χ4n) is 2.78. The lowest BCUT2D eigenvalue weighted by Gasteiger charge is -2.43. The van der Waals surface area contributed by atoms with Crippen LogP contribution in [-0.4, -0.2) is 26.1 Å². The van der Waals surface area contributed by atoms with Gasteiger partial charge in [-0.1, -0.05) is 0 Å². The Morgan fingerprint density at radius 1 is 1.44 bits per heavy atom. The second kappa shape index (κ2) is 3.20. The van der Waals surface area contributed by atoms with Gasteiger partial charge in [0.1, 0.15) is 0 Å². The minimum Gasteiger partial charge on any atom is -0.502 e. The van der Waals surface area contributed by atoms with Crippen LogP contribution >= 0.6 is 0 Å². The van der Waals surface area contributed by atoms with E-state index in [9.17, 15) is 20.4 Å². The van der Waals surface area contributed by atoms with Gasteiger partial charge in [0, 0.05) is 6.07 Å². The topological polar surface area (TPSA) is 111 Å². The van der Waals surface area contributed by atoms with Crippen molar-refractivity contribution in [3.8, 4) is 5.75 Å². The minimum absolute atomic E-state index is 0.0754. The summed E-state index contributed by atoms with van der Waals surface area (Å²) in [6.07, 6.45) is 2.27. The predicted octanol–water partition coefficient (Wildman–Crippen LogP) is 1.71. The summed E-state index contributed by atoms with van der Waals surface area (Å²) in [4.78, 5) is 10.1. The van der Waals surface area contributed by atoms with E-state index in [0.29, 0.717) is 18.4 Å². The van der Waals surface area contributed by atoms with Crippen LogP contribution in [0.2, 0.25) is 0 Å². The Kier molecular flexibility index (Phi) is 1.95. The standard InChI is InChI=1S/C11H11N3O4/c12-10-8-6(11(13(10)16)4-1-5-11)2-3-7(9(8)15)14(17)18/h2-3,12,15-16H,1,4-5H2. The van der Waals surface area contributed by atoms with Crippen LogP contribution in [0.25, 0.3) is 0 Å². The van der Waals surface area contributed by atoms with Crippen LogP contribution in [0.15, 0.2) is 12.1 Å². The summed E-state index contributed by atoms with van der Waals surface area (Å²) in [7, 11) is 0. The normalized spacial score (nSPS) is 19.8. The number of benzene rings is 1. The molecule has 1 aliphatic heterocycles. The molecule has 1 aromatic carbocycles. The van der Waals surface area contributed by atoms with Crippen molar-refractivity contribution in [2.45, 2.75) is 24.8 Å². The largest absolute Gasteiger partial charge is 0.502 e. The van der Waals surface area contributed by atoms with Gasteiger partial charge in [-0.05, 0) is 30.9 Å². The number of nitrogens with one attached hydrogen (secondary N) is 1. The highest BCUT2D eigenvalue weighted by Gasteiger charge is 2.53. The quantitative estimate of drug-likeness (QED) is 0.518. The number of nitro benzene ring substituents is 1. The van der Waals surface area contributed by atoms with Crippen LogP contribution < -0.4 is 0 Å². The molecule has 0 atom stereocenters. The third kappa shape index (κ3) is 1.04. The molecule has 0 amide bonds. The maximum absolute atomic E-state index is 10.8. The fourth-order valence-corrected chi connectivity index (χ4v) is 2.78. The molecule has 0 radical (unpaired) electrons. The number of nitrogens with zero attached hydrogens (tertiary/aromatic N) is 2. The number of amidine groups is 1. The third-order valence-electron chi connectivity index (χ3n) is 3.89. The van der Waals surface area contributed by atoms with E-state index in [2.05, 4.69) is 0 Å². The highest BCUT2D eigenvalue weighted by atomic mass is 16.6. The fraction of sp³-hybridized carbons (Fsp3) is 0.364. The number of hydrogen-bond acceptors (Lipinski definition) is 5. The van der Waals surface area contributed by atoms with Gasteiger partial charge in [0.05, 0.1) is 16.0 Å². The highest BCUT2D eigenvalue weighted by Crippen LogP contribution is 2.54. The molecule has 3 N–H and O–H groups in total. The molecule has 1 spiro atoms. The summed E-state index contributed by atoms with van der Waals surface area (Å²) < 4.78 is 0. The van der Waals surface area contributed by atoms with E-state index in [1.165, 1.54) is 12.1 Å². The Morgan fingerprint density at radius 2 is 2.11 bits per heavy atom. The number of phenolic OH excluding ortho intramolecular Hbond substituents is 1. The van der Waals surface area contributed by atoms with Gasteiger partial charge in [-0.25, -0.2) is 5.06 Å². The summed E-state index contributed by atoms with van der Waals surface area (Å²) in [5.41, 5.74) is -0.432. The van der Waals surface area contributed by atoms with Crippen LogP contribution in [0.4, 0.5) is 5.69 Å². The van der Waals surface area contributed by atoms with E-state index in [-0.39, 0.29) is 11.4 Å². The Bertz CT molecular complexity index is 580. The molecular formula is C11H11N3O4. The number of aromatic hydroxyl groups is 1. The SMILES string of the molecule is N=C1c2c(ccc([N+](=O)[O-])c2O)C2(CCC2)N1O. The van der Waals surface area contributed by atoms with Crippen molar-refractivity contribution in [2.75, 3.05) is 0 Å². The van der Waals surface area contributed by atoms with Crippen LogP contribution in [0.3, 0.4) is 0 Å². The maximum atomic E-state index is 10.8. The molecule has 0 unspecified atom stereocenters. The zero-order chi connectivity index (χ0) is 13.1.